The summed E-state index contributed by atoms with van der Waals surface area (Å²) < 4.78 is 22.5. The van der Waals surface area contributed by atoms with Crippen LogP contribution in [0.15, 0.2) is 18.2 Å². The average Bonchev–Trinajstić information content (AvgIpc) is 2.56. The van der Waals surface area contributed by atoms with E-state index in [9.17, 15) is 0 Å². The summed E-state index contributed by atoms with van der Waals surface area (Å²) in [5.74, 6) is 1.67. The Kier molecular flexibility index (Phi) is 11.4. The first-order valence-corrected chi connectivity index (χ1v) is 8.79. The Morgan fingerprint density at radius 1 is 0.739 bits per heavy atom. The molecule has 0 radical (unpaired) electrons. The summed E-state index contributed by atoms with van der Waals surface area (Å²) in [7, 11) is 0. The summed E-state index contributed by atoms with van der Waals surface area (Å²) in [5.41, 5.74) is 1.10. The molecule has 0 aliphatic rings. The summed E-state index contributed by atoms with van der Waals surface area (Å²) in [6.45, 7) is 10.3. The first kappa shape index (κ1) is 19.8. The summed E-state index contributed by atoms with van der Waals surface area (Å²) in [5, 5.41) is 0. The largest absolute Gasteiger partial charge is 0.491 e. The van der Waals surface area contributed by atoms with E-state index in [1.807, 2.05) is 25.1 Å². The Bertz CT molecular complexity index is 406. The minimum atomic E-state index is 0.562. The SMILES string of the molecule is CCCCOCCOc1ccc(C)c(OCCOCCCC)c1. The van der Waals surface area contributed by atoms with Gasteiger partial charge in [0.15, 0.2) is 0 Å². The topological polar surface area (TPSA) is 36.9 Å². The molecule has 4 nitrogen and oxygen atoms in total. The molecule has 0 bridgehead atoms. The van der Waals surface area contributed by atoms with Crippen molar-refractivity contribution in [2.45, 2.75) is 46.5 Å². The van der Waals surface area contributed by atoms with E-state index < -0.39 is 0 Å². The molecule has 0 N–H and O–H groups in total. The molecule has 23 heavy (non-hydrogen) atoms. The molecule has 0 unspecified atom stereocenters. The number of ether oxygens (including phenoxy) is 4. The number of hydrogen-bond donors (Lipinski definition) is 0. The van der Waals surface area contributed by atoms with E-state index >= 15 is 0 Å². The zero-order valence-corrected chi connectivity index (χ0v) is 14.9. The molecule has 0 saturated heterocycles. The van der Waals surface area contributed by atoms with E-state index in [4.69, 9.17) is 18.9 Å². The molecule has 1 aromatic carbocycles. The third-order valence-corrected chi connectivity index (χ3v) is 3.43. The first-order valence-electron chi connectivity index (χ1n) is 8.79. The molecule has 0 amide bonds. The lowest BCUT2D eigenvalue weighted by Crippen LogP contribution is -2.09. The second-order valence-electron chi connectivity index (χ2n) is 5.56. The van der Waals surface area contributed by atoms with Crippen molar-refractivity contribution >= 4 is 0 Å². The van der Waals surface area contributed by atoms with Crippen LogP contribution in [0.25, 0.3) is 0 Å². The smallest absolute Gasteiger partial charge is 0.126 e. The molecular weight excluding hydrogens is 292 g/mol. The molecule has 0 atom stereocenters. The summed E-state index contributed by atoms with van der Waals surface area (Å²) in [4.78, 5) is 0. The monoisotopic (exact) mass is 324 g/mol. The molecule has 1 rings (SSSR count). The highest BCUT2D eigenvalue weighted by atomic mass is 16.5. The second-order valence-corrected chi connectivity index (χ2v) is 5.56. The van der Waals surface area contributed by atoms with Crippen LogP contribution in [0.5, 0.6) is 11.5 Å². The van der Waals surface area contributed by atoms with Gasteiger partial charge in [0.1, 0.15) is 24.7 Å². The van der Waals surface area contributed by atoms with Gasteiger partial charge in [0.05, 0.1) is 13.2 Å². The van der Waals surface area contributed by atoms with E-state index in [2.05, 4.69) is 13.8 Å². The van der Waals surface area contributed by atoms with Crippen molar-refractivity contribution < 1.29 is 18.9 Å². The van der Waals surface area contributed by atoms with E-state index in [0.29, 0.717) is 26.4 Å². The van der Waals surface area contributed by atoms with E-state index in [1.165, 1.54) is 0 Å². The van der Waals surface area contributed by atoms with Crippen molar-refractivity contribution in [1.29, 1.82) is 0 Å². The van der Waals surface area contributed by atoms with Crippen LogP contribution in [0.1, 0.15) is 45.1 Å². The number of rotatable bonds is 14. The van der Waals surface area contributed by atoms with Crippen molar-refractivity contribution in [3.8, 4) is 11.5 Å². The summed E-state index contributed by atoms with van der Waals surface area (Å²) in [6.07, 6.45) is 4.51. The van der Waals surface area contributed by atoms with Crippen molar-refractivity contribution in [3.63, 3.8) is 0 Å². The van der Waals surface area contributed by atoms with E-state index in [-0.39, 0.29) is 0 Å². The number of aryl methyl sites for hydroxylation is 1. The van der Waals surface area contributed by atoms with Gasteiger partial charge < -0.3 is 18.9 Å². The minimum Gasteiger partial charge on any atom is -0.491 e. The molecule has 4 heteroatoms. The average molecular weight is 324 g/mol. The Hall–Kier alpha value is -1.26. The molecule has 0 saturated carbocycles. The highest BCUT2D eigenvalue weighted by molar-refractivity contribution is 5.39. The van der Waals surface area contributed by atoms with Crippen LogP contribution in [0.2, 0.25) is 0 Å². The van der Waals surface area contributed by atoms with Crippen molar-refractivity contribution in [2.24, 2.45) is 0 Å². The van der Waals surface area contributed by atoms with Crippen LogP contribution in [-0.2, 0) is 9.47 Å². The third-order valence-electron chi connectivity index (χ3n) is 3.43. The minimum absolute atomic E-state index is 0.562. The summed E-state index contributed by atoms with van der Waals surface area (Å²) >= 11 is 0. The lowest BCUT2D eigenvalue weighted by molar-refractivity contribution is 0.0955. The Labute approximate surface area is 141 Å². The van der Waals surface area contributed by atoms with E-state index in [0.717, 1.165) is 56.0 Å². The van der Waals surface area contributed by atoms with Crippen LogP contribution in [0.3, 0.4) is 0 Å². The second kappa shape index (κ2) is 13.2. The molecule has 0 aromatic heterocycles. The maximum Gasteiger partial charge on any atom is 0.126 e. The number of hydrogen-bond acceptors (Lipinski definition) is 4. The van der Waals surface area contributed by atoms with Gasteiger partial charge in [0, 0.05) is 19.3 Å². The zero-order chi connectivity index (χ0) is 16.8. The highest BCUT2D eigenvalue weighted by Crippen LogP contribution is 2.24. The number of unbranched alkanes of at least 4 members (excludes halogenated alkanes) is 2. The normalized spacial score (nSPS) is 10.7. The molecule has 0 heterocycles. The van der Waals surface area contributed by atoms with E-state index in [1.54, 1.807) is 0 Å². The van der Waals surface area contributed by atoms with Gasteiger partial charge in [-0.2, -0.15) is 0 Å². The molecule has 0 spiro atoms. The molecule has 132 valence electrons. The number of benzene rings is 1. The first-order chi connectivity index (χ1) is 11.3. The summed E-state index contributed by atoms with van der Waals surface area (Å²) in [6, 6.07) is 5.92. The lowest BCUT2D eigenvalue weighted by atomic mass is 10.2. The Morgan fingerprint density at radius 3 is 1.96 bits per heavy atom. The van der Waals surface area contributed by atoms with Crippen molar-refractivity contribution in [1.82, 2.24) is 0 Å². The zero-order valence-electron chi connectivity index (χ0n) is 14.9. The lowest BCUT2D eigenvalue weighted by Gasteiger charge is -2.12. The molecule has 0 aliphatic heterocycles. The fourth-order valence-electron chi connectivity index (χ4n) is 1.95. The van der Waals surface area contributed by atoms with Gasteiger partial charge in [-0.3, -0.25) is 0 Å². The molecule has 0 fully saturated rings. The quantitative estimate of drug-likeness (QED) is 0.476. The van der Waals surface area contributed by atoms with Crippen LogP contribution in [-0.4, -0.2) is 39.6 Å². The van der Waals surface area contributed by atoms with Gasteiger partial charge in [-0.05, 0) is 31.4 Å². The van der Waals surface area contributed by atoms with Crippen molar-refractivity contribution in [3.05, 3.63) is 23.8 Å². The fraction of sp³-hybridized carbons (Fsp3) is 0.684. The predicted molar refractivity (Wildman–Crippen MR) is 93.6 cm³/mol. The van der Waals surface area contributed by atoms with Crippen molar-refractivity contribution in [2.75, 3.05) is 39.6 Å². The van der Waals surface area contributed by atoms with Gasteiger partial charge in [-0.25, -0.2) is 0 Å². The van der Waals surface area contributed by atoms with Gasteiger partial charge in [-0.1, -0.05) is 32.8 Å². The van der Waals surface area contributed by atoms with Crippen LogP contribution < -0.4 is 9.47 Å². The molecule has 0 aliphatic carbocycles. The third kappa shape index (κ3) is 9.47. The van der Waals surface area contributed by atoms with Crippen LogP contribution in [0.4, 0.5) is 0 Å². The van der Waals surface area contributed by atoms with Gasteiger partial charge in [0.2, 0.25) is 0 Å². The van der Waals surface area contributed by atoms with Gasteiger partial charge in [-0.15, -0.1) is 0 Å². The van der Waals surface area contributed by atoms with Gasteiger partial charge >= 0.3 is 0 Å². The molecular formula is C19H32O4. The Morgan fingerprint density at radius 2 is 1.35 bits per heavy atom. The fourth-order valence-corrected chi connectivity index (χ4v) is 1.95. The molecule has 1 aromatic rings. The Balaban J connectivity index is 2.25. The van der Waals surface area contributed by atoms with Crippen LogP contribution in [0, 0.1) is 6.92 Å². The highest BCUT2D eigenvalue weighted by Gasteiger charge is 2.03. The maximum absolute atomic E-state index is 5.78. The maximum atomic E-state index is 5.78. The van der Waals surface area contributed by atoms with Gasteiger partial charge in [0.25, 0.3) is 0 Å². The predicted octanol–water partition coefficient (Wildman–Crippen LogP) is 4.39. The van der Waals surface area contributed by atoms with Crippen LogP contribution >= 0.6 is 0 Å². The standard InChI is InChI=1S/C19H32O4/c1-4-6-10-20-12-14-22-18-9-8-17(3)19(16-18)23-15-13-21-11-7-5-2/h8-9,16H,4-7,10-15H2,1-3H3.